The van der Waals surface area contributed by atoms with Crippen molar-refractivity contribution in [1.29, 1.82) is 0 Å². The molecule has 0 aliphatic heterocycles. The molecule has 1 aromatic heterocycles. The first-order valence-electron chi connectivity index (χ1n) is 5.43. The van der Waals surface area contributed by atoms with E-state index in [-0.39, 0.29) is 5.75 Å². The Morgan fingerprint density at radius 2 is 2.29 bits per heavy atom. The summed E-state index contributed by atoms with van der Waals surface area (Å²) in [5, 5.41) is 17.6. The molecule has 0 unspecified atom stereocenters. The molecule has 0 aliphatic rings. The van der Waals surface area contributed by atoms with Crippen LogP contribution >= 0.6 is 11.6 Å². The molecule has 0 amide bonds. The van der Waals surface area contributed by atoms with Crippen molar-refractivity contribution >= 4 is 17.3 Å². The van der Waals surface area contributed by atoms with Crippen molar-refractivity contribution in [2.24, 2.45) is 0 Å². The second-order valence-corrected chi connectivity index (χ2v) is 4.08. The Labute approximate surface area is 105 Å². The number of phenols is 1. The molecule has 0 spiro atoms. The summed E-state index contributed by atoms with van der Waals surface area (Å²) in [6.45, 7) is 3.33. The molecule has 0 radical (unpaired) electrons. The zero-order valence-corrected chi connectivity index (χ0v) is 10.3. The van der Waals surface area contributed by atoms with Gasteiger partial charge in [0.1, 0.15) is 5.75 Å². The predicted octanol–water partition coefficient (Wildman–Crippen LogP) is 2.87. The third-order valence-electron chi connectivity index (χ3n) is 2.52. The van der Waals surface area contributed by atoms with E-state index in [1.165, 1.54) is 0 Å². The minimum absolute atomic E-state index is 0.202. The van der Waals surface area contributed by atoms with Gasteiger partial charge in [0.2, 0.25) is 0 Å². The Kier molecular flexibility index (Phi) is 3.54. The van der Waals surface area contributed by atoms with E-state index in [2.05, 4.69) is 10.4 Å². The second-order valence-electron chi connectivity index (χ2n) is 3.68. The number of halogens is 1. The van der Waals surface area contributed by atoms with Gasteiger partial charge in [-0.25, -0.2) is 0 Å². The lowest BCUT2D eigenvalue weighted by Crippen LogP contribution is -1.99. The topological polar surface area (TPSA) is 50.1 Å². The number of nitrogens with one attached hydrogen (secondary N) is 1. The molecule has 0 aliphatic carbocycles. The van der Waals surface area contributed by atoms with Gasteiger partial charge in [-0.15, -0.1) is 0 Å². The molecule has 0 saturated heterocycles. The average Bonchev–Trinajstić information content (AvgIpc) is 2.76. The number of aromatic nitrogens is 2. The molecule has 0 saturated carbocycles. The van der Waals surface area contributed by atoms with Crippen molar-refractivity contribution in [2.45, 2.75) is 20.0 Å². The maximum absolute atomic E-state index is 9.68. The van der Waals surface area contributed by atoms with Crippen LogP contribution in [0.5, 0.6) is 5.75 Å². The summed E-state index contributed by atoms with van der Waals surface area (Å²) in [7, 11) is 0. The number of benzene rings is 1. The van der Waals surface area contributed by atoms with E-state index in [9.17, 15) is 5.11 Å². The van der Waals surface area contributed by atoms with E-state index in [0.717, 1.165) is 12.2 Å². The molecule has 0 fully saturated rings. The first-order valence-corrected chi connectivity index (χ1v) is 5.81. The summed E-state index contributed by atoms with van der Waals surface area (Å²) in [4.78, 5) is 0. The average molecular weight is 252 g/mol. The maximum Gasteiger partial charge on any atom is 0.122 e. The molecule has 1 aromatic carbocycles. The van der Waals surface area contributed by atoms with E-state index >= 15 is 0 Å². The first kappa shape index (κ1) is 11.8. The van der Waals surface area contributed by atoms with Gasteiger partial charge >= 0.3 is 0 Å². The standard InChI is InChI=1S/C12H14ClN3O/c1-2-16-8-9(6-15-16)14-7-10-11(13)4-3-5-12(10)17/h3-6,8,14,17H,2,7H2,1H3. The van der Waals surface area contributed by atoms with Crippen LogP contribution in [0.25, 0.3) is 0 Å². The van der Waals surface area contributed by atoms with E-state index in [1.54, 1.807) is 24.4 Å². The highest BCUT2D eigenvalue weighted by Gasteiger charge is 2.06. The lowest BCUT2D eigenvalue weighted by Gasteiger charge is -2.07. The Bertz CT molecular complexity index is 490. The fourth-order valence-electron chi connectivity index (χ4n) is 1.54. The molecule has 0 atom stereocenters. The van der Waals surface area contributed by atoms with Crippen molar-refractivity contribution in [3.63, 3.8) is 0 Å². The van der Waals surface area contributed by atoms with Gasteiger partial charge < -0.3 is 10.4 Å². The Balaban J connectivity index is 2.07. The summed E-state index contributed by atoms with van der Waals surface area (Å²) in [5.41, 5.74) is 1.60. The van der Waals surface area contributed by atoms with Crippen LogP contribution in [0.2, 0.25) is 5.02 Å². The van der Waals surface area contributed by atoms with Crippen LogP contribution in [0.1, 0.15) is 12.5 Å². The molecule has 1 heterocycles. The summed E-state index contributed by atoms with van der Waals surface area (Å²) >= 11 is 6.01. The number of nitrogens with zero attached hydrogens (tertiary/aromatic N) is 2. The van der Waals surface area contributed by atoms with Crippen molar-refractivity contribution < 1.29 is 5.11 Å². The molecule has 0 bridgehead atoms. The summed E-state index contributed by atoms with van der Waals surface area (Å²) in [6, 6.07) is 5.10. The third kappa shape index (κ3) is 2.71. The zero-order valence-electron chi connectivity index (χ0n) is 9.52. The van der Waals surface area contributed by atoms with Gasteiger partial charge in [-0.3, -0.25) is 4.68 Å². The largest absolute Gasteiger partial charge is 0.508 e. The predicted molar refractivity (Wildman–Crippen MR) is 68.3 cm³/mol. The first-order chi connectivity index (χ1) is 8.20. The second kappa shape index (κ2) is 5.10. The Morgan fingerprint density at radius 3 is 2.94 bits per heavy atom. The number of hydrogen-bond donors (Lipinski definition) is 2. The highest BCUT2D eigenvalue weighted by molar-refractivity contribution is 6.31. The van der Waals surface area contributed by atoms with Crippen LogP contribution in [-0.2, 0) is 13.1 Å². The minimum Gasteiger partial charge on any atom is -0.508 e. The van der Waals surface area contributed by atoms with Gasteiger partial charge in [0.25, 0.3) is 0 Å². The maximum atomic E-state index is 9.68. The van der Waals surface area contributed by atoms with Crippen LogP contribution in [-0.4, -0.2) is 14.9 Å². The van der Waals surface area contributed by atoms with Crippen LogP contribution in [0.4, 0.5) is 5.69 Å². The molecule has 90 valence electrons. The van der Waals surface area contributed by atoms with Crippen LogP contribution in [0.15, 0.2) is 30.6 Å². The van der Waals surface area contributed by atoms with Gasteiger partial charge in [-0.05, 0) is 19.1 Å². The number of aromatic hydroxyl groups is 1. The highest BCUT2D eigenvalue weighted by atomic mass is 35.5. The molecule has 4 nitrogen and oxygen atoms in total. The SMILES string of the molecule is CCn1cc(NCc2c(O)cccc2Cl)cn1. The molecule has 17 heavy (non-hydrogen) atoms. The number of hydrogen-bond acceptors (Lipinski definition) is 3. The number of aryl methyl sites for hydroxylation is 1. The quantitative estimate of drug-likeness (QED) is 0.879. The fourth-order valence-corrected chi connectivity index (χ4v) is 1.78. The molecular formula is C12H14ClN3O. The molecule has 2 N–H and O–H groups in total. The van der Waals surface area contributed by atoms with E-state index < -0.39 is 0 Å². The van der Waals surface area contributed by atoms with Crippen molar-refractivity contribution in [3.8, 4) is 5.75 Å². The van der Waals surface area contributed by atoms with Crippen LogP contribution in [0, 0.1) is 0 Å². The number of phenolic OH excluding ortho intramolecular Hbond substituents is 1. The van der Waals surface area contributed by atoms with Gasteiger partial charge in [0.15, 0.2) is 0 Å². The fraction of sp³-hybridized carbons (Fsp3) is 0.250. The Hall–Kier alpha value is -1.68. The lowest BCUT2D eigenvalue weighted by atomic mass is 10.2. The summed E-state index contributed by atoms with van der Waals surface area (Å²) in [6.07, 6.45) is 3.66. The molecule has 2 rings (SSSR count). The highest BCUT2D eigenvalue weighted by Crippen LogP contribution is 2.25. The number of anilines is 1. The molecule has 2 aromatic rings. The van der Waals surface area contributed by atoms with Gasteiger partial charge in [-0.1, -0.05) is 17.7 Å². The van der Waals surface area contributed by atoms with Crippen LogP contribution in [0.3, 0.4) is 0 Å². The molecular weight excluding hydrogens is 238 g/mol. The van der Waals surface area contributed by atoms with Crippen molar-refractivity contribution in [2.75, 3.05) is 5.32 Å². The van der Waals surface area contributed by atoms with E-state index in [0.29, 0.717) is 17.1 Å². The molecule has 5 heteroatoms. The zero-order chi connectivity index (χ0) is 12.3. The lowest BCUT2D eigenvalue weighted by molar-refractivity contribution is 0.469. The third-order valence-corrected chi connectivity index (χ3v) is 2.87. The number of rotatable bonds is 4. The summed E-state index contributed by atoms with van der Waals surface area (Å²) < 4.78 is 1.83. The van der Waals surface area contributed by atoms with Crippen molar-refractivity contribution in [1.82, 2.24) is 9.78 Å². The van der Waals surface area contributed by atoms with Gasteiger partial charge in [0, 0.05) is 29.9 Å². The van der Waals surface area contributed by atoms with Crippen molar-refractivity contribution in [3.05, 3.63) is 41.2 Å². The Morgan fingerprint density at radius 1 is 1.47 bits per heavy atom. The van der Waals surface area contributed by atoms with Gasteiger partial charge in [-0.2, -0.15) is 5.10 Å². The summed E-state index contributed by atoms with van der Waals surface area (Å²) in [5.74, 6) is 0.202. The monoisotopic (exact) mass is 251 g/mol. The smallest absolute Gasteiger partial charge is 0.122 e. The van der Waals surface area contributed by atoms with Crippen LogP contribution < -0.4 is 5.32 Å². The van der Waals surface area contributed by atoms with E-state index in [1.807, 2.05) is 17.8 Å². The van der Waals surface area contributed by atoms with E-state index in [4.69, 9.17) is 11.6 Å². The van der Waals surface area contributed by atoms with Gasteiger partial charge in [0.05, 0.1) is 11.9 Å². The normalized spacial score (nSPS) is 10.5. The minimum atomic E-state index is 0.202.